The van der Waals surface area contributed by atoms with Crippen LogP contribution in [0, 0.1) is 0 Å². The van der Waals surface area contributed by atoms with Gasteiger partial charge in [0.1, 0.15) is 6.04 Å². The fourth-order valence-electron chi connectivity index (χ4n) is 1.87. The molecule has 0 saturated heterocycles. The number of carbonyl (C=O) groups excluding carboxylic acids is 1. The molecule has 0 radical (unpaired) electrons. The Hall–Kier alpha value is -1.56. The molecule has 1 aromatic rings. The largest absolute Gasteiger partial charge is 0.480 e. The highest BCUT2D eigenvalue weighted by Gasteiger charge is 2.19. The number of urea groups is 1. The van der Waals surface area contributed by atoms with E-state index in [0.29, 0.717) is 6.42 Å². The van der Waals surface area contributed by atoms with Crippen LogP contribution in [0.1, 0.15) is 38.0 Å². The number of amides is 2. The number of carboxylic acids is 1. The Morgan fingerprint density at radius 3 is 2.70 bits per heavy atom. The lowest BCUT2D eigenvalue weighted by Gasteiger charge is -2.18. The second-order valence-electron chi connectivity index (χ2n) is 4.84. The van der Waals surface area contributed by atoms with Crippen LogP contribution < -0.4 is 10.6 Å². The zero-order valence-corrected chi connectivity index (χ0v) is 12.7. The van der Waals surface area contributed by atoms with Crippen LogP contribution >= 0.6 is 11.3 Å². The van der Waals surface area contributed by atoms with Crippen LogP contribution in [0.2, 0.25) is 0 Å². The summed E-state index contributed by atoms with van der Waals surface area (Å²) < 4.78 is 0. The van der Waals surface area contributed by atoms with Crippen molar-refractivity contribution in [3.8, 4) is 0 Å². The van der Waals surface area contributed by atoms with E-state index >= 15 is 0 Å². The first-order valence-electron chi connectivity index (χ1n) is 6.85. The van der Waals surface area contributed by atoms with Crippen molar-refractivity contribution >= 4 is 23.3 Å². The number of hydrogen-bond donors (Lipinski definition) is 3. The first-order chi connectivity index (χ1) is 9.52. The van der Waals surface area contributed by atoms with E-state index in [0.717, 1.165) is 19.3 Å². The molecule has 2 atom stereocenters. The second kappa shape index (κ2) is 8.58. The molecule has 0 bridgehead atoms. The fourth-order valence-corrected chi connectivity index (χ4v) is 2.71. The Morgan fingerprint density at radius 1 is 1.40 bits per heavy atom. The van der Waals surface area contributed by atoms with Crippen molar-refractivity contribution < 1.29 is 14.7 Å². The first kappa shape index (κ1) is 16.5. The van der Waals surface area contributed by atoms with Gasteiger partial charge in [-0.25, -0.2) is 9.59 Å². The van der Waals surface area contributed by atoms with Crippen LogP contribution in [-0.2, 0) is 11.2 Å². The molecule has 0 aliphatic heterocycles. The number of aliphatic carboxylic acids is 1. The topological polar surface area (TPSA) is 78.4 Å². The zero-order valence-electron chi connectivity index (χ0n) is 11.9. The molecule has 0 saturated carbocycles. The number of carbonyl (C=O) groups is 2. The van der Waals surface area contributed by atoms with E-state index in [4.69, 9.17) is 5.11 Å². The van der Waals surface area contributed by atoms with Crippen molar-refractivity contribution in [2.45, 2.75) is 51.6 Å². The van der Waals surface area contributed by atoms with Crippen molar-refractivity contribution in [2.24, 2.45) is 0 Å². The lowest BCUT2D eigenvalue weighted by Crippen LogP contribution is -2.48. The van der Waals surface area contributed by atoms with Crippen molar-refractivity contribution in [3.63, 3.8) is 0 Å². The third kappa shape index (κ3) is 6.06. The van der Waals surface area contributed by atoms with Crippen molar-refractivity contribution in [3.05, 3.63) is 22.4 Å². The molecule has 6 heteroatoms. The zero-order chi connectivity index (χ0) is 15.0. The highest BCUT2D eigenvalue weighted by atomic mass is 32.1. The molecule has 1 aromatic heterocycles. The van der Waals surface area contributed by atoms with Crippen LogP contribution in [-0.4, -0.2) is 29.2 Å². The van der Waals surface area contributed by atoms with Gasteiger partial charge in [-0.15, -0.1) is 11.3 Å². The van der Waals surface area contributed by atoms with Gasteiger partial charge in [-0.3, -0.25) is 0 Å². The van der Waals surface area contributed by atoms with Gasteiger partial charge in [-0.05, 0) is 24.8 Å². The van der Waals surface area contributed by atoms with E-state index in [1.807, 2.05) is 31.4 Å². The predicted molar refractivity (Wildman–Crippen MR) is 80.1 cm³/mol. The van der Waals surface area contributed by atoms with Gasteiger partial charge in [-0.2, -0.15) is 0 Å². The minimum absolute atomic E-state index is 0.0331. The normalized spacial score (nSPS) is 13.5. The van der Waals surface area contributed by atoms with Gasteiger partial charge in [0, 0.05) is 17.3 Å². The van der Waals surface area contributed by atoms with Gasteiger partial charge in [0.15, 0.2) is 0 Å². The number of rotatable bonds is 8. The molecular formula is C14H22N2O3S. The van der Waals surface area contributed by atoms with Crippen LogP contribution in [0.15, 0.2) is 17.5 Å². The maximum absolute atomic E-state index is 11.8. The van der Waals surface area contributed by atoms with E-state index in [1.165, 1.54) is 4.88 Å². The highest BCUT2D eigenvalue weighted by Crippen LogP contribution is 2.10. The number of hydrogen-bond acceptors (Lipinski definition) is 3. The fraction of sp³-hybridized carbons (Fsp3) is 0.571. The number of nitrogens with one attached hydrogen (secondary N) is 2. The molecule has 0 fully saturated rings. The predicted octanol–water partition coefficient (Wildman–Crippen LogP) is 2.62. The number of carboxylic acid groups (broad SMARTS) is 1. The van der Waals surface area contributed by atoms with Crippen LogP contribution in [0.25, 0.3) is 0 Å². The van der Waals surface area contributed by atoms with E-state index < -0.39 is 18.0 Å². The number of thiophene rings is 1. The third-order valence-corrected chi connectivity index (χ3v) is 3.81. The molecule has 0 aromatic carbocycles. The Morgan fingerprint density at radius 2 is 2.15 bits per heavy atom. The van der Waals surface area contributed by atoms with Gasteiger partial charge in [0.25, 0.3) is 0 Å². The second-order valence-corrected chi connectivity index (χ2v) is 5.87. The molecule has 5 nitrogen and oxygen atoms in total. The summed E-state index contributed by atoms with van der Waals surface area (Å²) in [4.78, 5) is 24.0. The SMILES string of the molecule is CCCC[C@H](NC(=O)NC(C)Cc1cccs1)C(=O)O. The lowest BCUT2D eigenvalue weighted by molar-refractivity contribution is -0.139. The van der Waals surface area contributed by atoms with Gasteiger partial charge in [0.2, 0.25) is 0 Å². The summed E-state index contributed by atoms with van der Waals surface area (Å²) in [5, 5.41) is 16.3. The summed E-state index contributed by atoms with van der Waals surface area (Å²) in [7, 11) is 0. The summed E-state index contributed by atoms with van der Waals surface area (Å²) in [6.45, 7) is 3.89. The first-order valence-corrected chi connectivity index (χ1v) is 7.73. The Labute approximate surface area is 123 Å². The summed E-state index contributed by atoms with van der Waals surface area (Å²) in [6, 6.07) is 2.72. The van der Waals surface area contributed by atoms with Gasteiger partial charge in [0.05, 0.1) is 0 Å². The maximum atomic E-state index is 11.8. The van der Waals surface area contributed by atoms with Crippen molar-refractivity contribution in [2.75, 3.05) is 0 Å². The minimum Gasteiger partial charge on any atom is -0.480 e. The molecule has 1 rings (SSSR count). The minimum atomic E-state index is -0.987. The molecule has 0 spiro atoms. The highest BCUT2D eigenvalue weighted by molar-refractivity contribution is 7.09. The van der Waals surface area contributed by atoms with Gasteiger partial charge in [-0.1, -0.05) is 25.8 Å². The van der Waals surface area contributed by atoms with Gasteiger partial charge >= 0.3 is 12.0 Å². The van der Waals surface area contributed by atoms with Crippen LogP contribution in [0.3, 0.4) is 0 Å². The Bertz CT molecular complexity index is 420. The summed E-state index contributed by atoms with van der Waals surface area (Å²) in [5.41, 5.74) is 0. The molecule has 2 amide bonds. The average Bonchev–Trinajstić information content (AvgIpc) is 2.86. The summed E-state index contributed by atoms with van der Waals surface area (Å²) in [6.07, 6.45) is 2.89. The average molecular weight is 298 g/mol. The van der Waals surface area contributed by atoms with E-state index in [9.17, 15) is 9.59 Å². The van der Waals surface area contributed by atoms with E-state index in [1.54, 1.807) is 11.3 Å². The molecule has 0 aliphatic rings. The molecule has 112 valence electrons. The van der Waals surface area contributed by atoms with E-state index in [2.05, 4.69) is 10.6 Å². The molecule has 3 N–H and O–H groups in total. The molecule has 20 heavy (non-hydrogen) atoms. The van der Waals surface area contributed by atoms with Crippen LogP contribution in [0.5, 0.6) is 0 Å². The standard InChI is InChI=1S/C14H22N2O3S/c1-3-4-7-12(13(17)18)16-14(19)15-10(2)9-11-6-5-8-20-11/h5-6,8,10,12H,3-4,7,9H2,1-2H3,(H,17,18)(H2,15,16,19)/t10?,12-/m0/s1. The van der Waals surface area contributed by atoms with E-state index in [-0.39, 0.29) is 6.04 Å². The number of unbranched alkanes of at least 4 members (excludes halogenated alkanes) is 1. The summed E-state index contributed by atoms with van der Waals surface area (Å²) in [5.74, 6) is -0.987. The molecule has 1 unspecified atom stereocenters. The molecular weight excluding hydrogens is 276 g/mol. The third-order valence-electron chi connectivity index (χ3n) is 2.91. The smallest absolute Gasteiger partial charge is 0.326 e. The Kier molecular flexibility index (Phi) is 7.08. The molecule has 0 aliphatic carbocycles. The summed E-state index contributed by atoms with van der Waals surface area (Å²) >= 11 is 1.64. The monoisotopic (exact) mass is 298 g/mol. The Balaban J connectivity index is 2.38. The quantitative estimate of drug-likeness (QED) is 0.690. The van der Waals surface area contributed by atoms with Gasteiger partial charge < -0.3 is 15.7 Å². The lowest BCUT2D eigenvalue weighted by atomic mass is 10.1. The molecule has 1 heterocycles. The van der Waals surface area contributed by atoms with Crippen molar-refractivity contribution in [1.29, 1.82) is 0 Å². The van der Waals surface area contributed by atoms with Crippen LogP contribution in [0.4, 0.5) is 4.79 Å². The maximum Gasteiger partial charge on any atom is 0.326 e. The van der Waals surface area contributed by atoms with Crippen molar-refractivity contribution in [1.82, 2.24) is 10.6 Å².